The number of nitriles is 1. The van der Waals surface area contributed by atoms with Crippen molar-refractivity contribution in [3.05, 3.63) is 54.1 Å². The van der Waals surface area contributed by atoms with E-state index in [-0.39, 0.29) is 16.6 Å². The summed E-state index contributed by atoms with van der Waals surface area (Å²) in [4.78, 5) is 11.1. The summed E-state index contributed by atoms with van der Waals surface area (Å²) in [7, 11) is -3.94. The first kappa shape index (κ1) is 21.0. The molecule has 0 aliphatic carbocycles. The molecule has 0 atom stereocenters. The molecule has 10 heteroatoms. The maximum absolute atomic E-state index is 12.9. The lowest BCUT2D eigenvalue weighted by Gasteiger charge is -2.26. The Balaban J connectivity index is 1.58. The maximum atomic E-state index is 12.9. The third kappa shape index (κ3) is 5.08. The van der Waals surface area contributed by atoms with Crippen molar-refractivity contribution in [1.82, 2.24) is 14.9 Å². The first-order valence-corrected chi connectivity index (χ1v) is 11.3. The van der Waals surface area contributed by atoms with Crippen LogP contribution in [0.4, 0.5) is 5.82 Å². The van der Waals surface area contributed by atoms with Crippen LogP contribution in [0.25, 0.3) is 11.0 Å². The molecule has 0 spiro atoms. The van der Waals surface area contributed by atoms with E-state index in [1.807, 2.05) is 12.1 Å². The van der Waals surface area contributed by atoms with Gasteiger partial charge in [0.15, 0.2) is 0 Å². The molecule has 1 aliphatic rings. The second-order valence-corrected chi connectivity index (χ2v) is 8.59. The van der Waals surface area contributed by atoms with Gasteiger partial charge in [0.25, 0.3) is 15.9 Å². The van der Waals surface area contributed by atoms with Gasteiger partial charge in [-0.3, -0.25) is 9.62 Å². The van der Waals surface area contributed by atoms with E-state index in [4.69, 9.17) is 14.7 Å². The number of hydrogen-bond donors (Lipinski definition) is 1. The van der Waals surface area contributed by atoms with Gasteiger partial charge in [0.05, 0.1) is 40.8 Å². The molecule has 0 saturated carbocycles. The van der Waals surface area contributed by atoms with Crippen molar-refractivity contribution in [2.75, 3.05) is 44.2 Å². The number of aromatic nitrogens is 2. The van der Waals surface area contributed by atoms with E-state index in [9.17, 15) is 8.42 Å². The van der Waals surface area contributed by atoms with Crippen LogP contribution in [-0.4, -0.2) is 62.7 Å². The molecule has 4 rings (SSSR count). The molecule has 31 heavy (non-hydrogen) atoms. The molecule has 2 heterocycles. The Morgan fingerprint density at radius 3 is 2.42 bits per heavy atom. The number of hydrogen-bond acceptors (Lipinski definition) is 8. The van der Waals surface area contributed by atoms with Crippen LogP contribution in [0, 0.1) is 11.3 Å². The van der Waals surface area contributed by atoms with Gasteiger partial charge in [-0.1, -0.05) is 12.1 Å². The Bertz CT molecular complexity index is 1200. The summed E-state index contributed by atoms with van der Waals surface area (Å²) < 4.78 is 39.4. The summed E-state index contributed by atoms with van der Waals surface area (Å²) in [5, 5.41) is 8.92. The van der Waals surface area contributed by atoms with Gasteiger partial charge in [-0.25, -0.2) is 18.4 Å². The fourth-order valence-electron chi connectivity index (χ4n) is 3.14. The average Bonchev–Trinajstić information content (AvgIpc) is 2.80. The lowest BCUT2D eigenvalue weighted by molar-refractivity contribution is 0.0320. The summed E-state index contributed by atoms with van der Waals surface area (Å²) in [5.74, 6) is 0.134. The monoisotopic (exact) mass is 439 g/mol. The van der Waals surface area contributed by atoms with E-state index in [0.29, 0.717) is 43.0 Å². The molecule has 0 amide bonds. The lowest BCUT2D eigenvalue weighted by atomic mass is 10.2. The average molecular weight is 439 g/mol. The fraction of sp³-hybridized carbons (Fsp3) is 0.286. The number of nitrogens with zero attached hydrogens (tertiary/aromatic N) is 4. The van der Waals surface area contributed by atoms with E-state index in [1.54, 1.807) is 18.2 Å². The highest BCUT2D eigenvalue weighted by Crippen LogP contribution is 2.26. The van der Waals surface area contributed by atoms with E-state index in [2.05, 4.69) is 19.6 Å². The molecule has 0 radical (unpaired) electrons. The van der Waals surface area contributed by atoms with E-state index in [0.717, 1.165) is 13.1 Å². The second-order valence-electron chi connectivity index (χ2n) is 6.91. The molecular formula is C21H21N5O4S. The number of rotatable bonds is 7. The maximum Gasteiger partial charge on any atom is 0.263 e. The van der Waals surface area contributed by atoms with E-state index < -0.39 is 10.0 Å². The van der Waals surface area contributed by atoms with Gasteiger partial charge >= 0.3 is 0 Å². The number of para-hydroxylation sites is 2. The molecule has 3 aromatic rings. The summed E-state index contributed by atoms with van der Waals surface area (Å²) in [6.45, 7) is 4.02. The van der Waals surface area contributed by atoms with Crippen molar-refractivity contribution in [2.24, 2.45) is 0 Å². The molecule has 160 valence electrons. The molecule has 2 aromatic carbocycles. The molecule has 9 nitrogen and oxygen atoms in total. The summed E-state index contributed by atoms with van der Waals surface area (Å²) in [5.41, 5.74) is 1.52. The van der Waals surface area contributed by atoms with Gasteiger partial charge in [-0.2, -0.15) is 5.26 Å². The molecule has 1 saturated heterocycles. The van der Waals surface area contributed by atoms with Gasteiger partial charge in [0.1, 0.15) is 6.61 Å². The van der Waals surface area contributed by atoms with Crippen molar-refractivity contribution in [3.63, 3.8) is 0 Å². The highest BCUT2D eigenvalue weighted by molar-refractivity contribution is 7.92. The molecule has 1 N–H and O–H groups in total. The highest BCUT2D eigenvalue weighted by Gasteiger charge is 2.20. The number of morpholine rings is 1. The third-order valence-corrected chi connectivity index (χ3v) is 6.17. The van der Waals surface area contributed by atoms with Gasteiger partial charge in [0.2, 0.25) is 5.82 Å². The molecule has 1 aliphatic heterocycles. The normalized spacial score (nSPS) is 14.8. The van der Waals surface area contributed by atoms with E-state index >= 15 is 0 Å². The Morgan fingerprint density at radius 1 is 1.06 bits per heavy atom. The highest BCUT2D eigenvalue weighted by atomic mass is 32.2. The first-order valence-electron chi connectivity index (χ1n) is 9.78. The Hall–Kier alpha value is -3.26. The quantitative estimate of drug-likeness (QED) is 0.594. The van der Waals surface area contributed by atoms with Crippen molar-refractivity contribution in [3.8, 4) is 11.9 Å². The predicted molar refractivity (Wildman–Crippen MR) is 114 cm³/mol. The first-order chi connectivity index (χ1) is 15.0. The number of benzene rings is 2. The van der Waals surface area contributed by atoms with Crippen LogP contribution in [0.2, 0.25) is 0 Å². The topological polar surface area (TPSA) is 117 Å². The minimum absolute atomic E-state index is 0.0146. The number of fused-ring (bicyclic) bond motifs is 1. The number of sulfonamides is 1. The number of ether oxygens (including phenoxy) is 2. The van der Waals surface area contributed by atoms with Crippen LogP contribution >= 0.6 is 0 Å². The zero-order chi connectivity index (χ0) is 21.7. The summed E-state index contributed by atoms with van der Waals surface area (Å²) in [6.07, 6.45) is 0. The minimum atomic E-state index is -3.94. The van der Waals surface area contributed by atoms with Crippen LogP contribution in [0.5, 0.6) is 5.88 Å². The van der Waals surface area contributed by atoms with Crippen molar-refractivity contribution in [2.45, 2.75) is 4.90 Å². The van der Waals surface area contributed by atoms with Crippen molar-refractivity contribution < 1.29 is 17.9 Å². The van der Waals surface area contributed by atoms with E-state index in [1.165, 1.54) is 24.3 Å². The Labute approximate surface area is 180 Å². The largest absolute Gasteiger partial charge is 0.474 e. The van der Waals surface area contributed by atoms with Crippen molar-refractivity contribution >= 4 is 26.9 Å². The molecule has 1 fully saturated rings. The van der Waals surface area contributed by atoms with Crippen LogP contribution in [0.15, 0.2) is 53.4 Å². The Kier molecular flexibility index (Phi) is 6.27. The number of anilines is 1. The molecule has 0 unspecified atom stereocenters. The lowest BCUT2D eigenvalue weighted by Crippen LogP contribution is -2.38. The molecule has 1 aromatic heterocycles. The van der Waals surface area contributed by atoms with Crippen LogP contribution in [0.1, 0.15) is 5.56 Å². The standard InChI is InChI=1S/C21H21N5O4S/c22-15-16-5-7-17(8-6-16)31(27,28)25-20-21(24-19-4-2-1-3-18(19)23-20)30-14-11-26-9-12-29-13-10-26/h1-8H,9-14H2,(H,23,25). The fourth-order valence-corrected chi connectivity index (χ4v) is 4.14. The minimum Gasteiger partial charge on any atom is -0.474 e. The smallest absolute Gasteiger partial charge is 0.263 e. The van der Waals surface area contributed by atoms with Gasteiger partial charge in [-0.05, 0) is 36.4 Å². The van der Waals surface area contributed by atoms with Gasteiger partial charge in [-0.15, -0.1) is 0 Å². The van der Waals surface area contributed by atoms with Gasteiger partial charge < -0.3 is 9.47 Å². The summed E-state index contributed by atoms with van der Waals surface area (Å²) >= 11 is 0. The van der Waals surface area contributed by atoms with Crippen LogP contribution < -0.4 is 9.46 Å². The zero-order valence-corrected chi connectivity index (χ0v) is 17.5. The van der Waals surface area contributed by atoms with Crippen LogP contribution in [-0.2, 0) is 14.8 Å². The molecule has 0 bridgehead atoms. The van der Waals surface area contributed by atoms with Crippen molar-refractivity contribution in [1.29, 1.82) is 5.26 Å². The Morgan fingerprint density at radius 2 is 1.74 bits per heavy atom. The second kappa shape index (κ2) is 9.26. The number of nitrogens with one attached hydrogen (secondary N) is 1. The zero-order valence-electron chi connectivity index (χ0n) is 16.7. The van der Waals surface area contributed by atoms with Gasteiger partial charge in [0, 0.05) is 19.6 Å². The predicted octanol–water partition coefficient (Wildman–Crippen LogP) is 2.01. The molecular weight excluding hydrogens is 418 g/mol. The third-order valence-electron chi connectivity index (χ3n) is 4.81. The SMILES string of the molecule is N#Cc1ccc(S(=O)(=O)Nc2nc3ccccc3nc2OCCN2CCOCC2)cc1. The van der Waals surface area contributed by atoms with Crippen LogP contribution in [0.3, 0.4) is 0 Å². The summed E-state index contributed by atoms with van der Waals surface area (Å²) in [6, 6.07) is 14.8.